The molecule has 0 N–H and O–H groups in total. The van der Waals surface area contributed by atoms with E-state index in [0.29, 0.717) is 0 Å². The number of fused-ring (bicyclic) bond motifs is 1. The van der Waals surface area contributed by atoms with Crippen molar-refractivity contribution in [3.8, 4) is 6.07 Å². The zero-order chi connectivity index (χ0) is 22.2. The van der Waals surface area contributed by atoms with Gasteiger partial charge in [-0.1, -0.05) is 0 Å². The number of rotatable bonds is 2. The minimum Gasteiger partial charge on any atom is -0.444 e. The fourth-order valence-corrected chi connectivity index (χ4v) is 3.56. The first-order valence-electron chi connectivity index (χ1n) is 9.14. The van der Waals surface area contributed by atoms with Crippen LogP contribution in [0.25, 0.3) is 10.9 Å². The van der Waals surface area contributed by atoms with Crippen LogP contribution in [-0.4, -0.2) is 52.2 Å². The van der Waals surface area contributed by atoms with Crippen LogP contribution in [0, 0.1) is 29.0 Å². The van der Waals surface area contributed by atoms with Crippen LogP contribution in [-0.2, 0) is 4.74 Å². The van der Waals surface area contributed by atoms with Gasteiger partial charge < -0.3 is 14.5 Å². The van der Waals surface area contributed by atoms with Crippen LogP contribution in [0.2, 0.25) is 0 Å². The van der Waals surface area contributed by atoms with Crippen LogP contribution >= 0.6 is 15.9 Å². The molecule has 0 saturated carbocycles. The standard InChI is InChI=1S/C19H19BrF3N5O2/c1-19(2,3)30-18(29)28-7-6-27(9-10(28)4-5-24)16-11-8-12(21)13(20)14(22)15(11)25-17(23)26-16/h8,10H,4,6-7,9H2,1-3H3/t10-/m0/s1. The topological polar surface area (TPSA) is 82.3 Å². The summed E-state index contributed by atoms with van der Waals surface area (Å²) in [5, 5.41) is 9.19. The van der Waals surface area contributed by atoms with Crippen molar-refractivity contribution in [3.05, 3.63) is 28.3 Å². The number of halogens is 4. The Balaban J connectivity index is 1.97. The van der Waals surface area contributed by atoms with E-state index in [1.165, 1.54) is 4.90 Å². The molecule has 30 heavy (non-hydrogen) atoms. The zero-order valence-electron chi connectivity index (χ0n) is 16.5. The van der Waals surface area contributed by atoms with E-state index in [1.54, 1.807) is 25.7 Å². The van der Waals surface area contributed by atoms with Crippen molar-refractivity contribution in [1.29, 1.82) is 5.26 Å². The summed E-state index contributed by atoms with van der Waals surface area (Å²) in [5.74, 6) is -1.92. The lowest BCUT2D eigenvalue weighted by Gasteiger charge is -2.41. The highest BCUT2D eigenvalue weighted by Gasteiger charge is 2.34. The molecular weight excluding hydrogens is 467 g/mol. The van der Waals surface area contributed by atoms with Crippen LogP contribution in [0.3, 0.4) is 0 Å². The van der Waals surface area contributed by atoms with E-state index < -0.39 is 39.9 Å². The molecule has 0 aliphatic carbocycles. The zero-order valence-corrected chi connectivity index (χ0v) is 18.1. The number of hydrogen-bond acceptors (Lipinski definition) is 6. The maximum Gasteiger partial charge on any atom is 0.410 e. The summed E-state index contributed by atoms with van der Waals surface area (Å²) in [5.41, 5.74) is -1.07. The third kappa shape index (κ3) is 4.43. The summed E-state index contributed by atoms with van der Waals surface area (Å²) in [6, 6.07) is 2.47. The Morgan fingerprint density at radius 1 is 1.33 bits per heavy atom. The minimum atomic E-state index is -1.17. The molecule has 0 radical (unpaired) electrons. The number of nitriles is 1. The average Bonchev–Trinajstić information content (AvgIpc) is 2.65. The van der Waals surface area contributed by atoms with Crippen molar-refractivity contribution in [2.24, 2.45) is 0 Å². The van der Waals surface area contributed by atoms with Gasteiger partial charge in [-0.05, 0) is 42.8 Å². The molecule has 1 amide bonds. The van der Waals surface area contributed by atoms with Gasteiger partial charge >= 0.3 is 12.2 Å². The molecule has 1 aliphatic heterocycles. The Labute approximate surface area is 179 Å². The largest absolute Gasteiger partial charge is 0.444 e. The number of benzene rings is 1. The summed E-state index contributed by atoms with van der Waals surface area (Å²) in [7, 11) is 0. The molecule has 2 aromatic rings. The van der Waals surface area contributed by atoms with E-state index >= 15 is 0 Å². The van der Waals surface area contributed by atoms with Crippen LogP contribution in [0.1, 0.15) is 27.2 Å². The van der Waals surface area contributed by atoms with Gasteiger partial charge in [-0.15, -0.1) is 0 Å². The highest BCUT2D eigenvalue weighted by atomic mass is 79.9. The number of carbonyl (C=O) groups is 1. The molecule has 2 heterocycles. The number of amides is 1. The molecule has 1 aliphatic rings. The number of nitrogens with zero attached hydrogens (tertiary/aromatic N) is 5. The third-order valence-electron chi connectivity index (χ3n) is 4.52. The van der Waals surface area contributed by atoms with Gasteiger partial charge in [-0.25, -0.2) is 13.6 Å². The van der Waals surface area contributed by atoms with Crippen LogP contribution < -0.4 is 4.90 Å². The van der Waals surface area contributed by atoms with Crippen LogP contribution in [0.5, 0.6) is 0 Å². The number of ether oxygens (including phenoxy) is 1. The van der Waals surface area contributed by atoms with Gasteiger partial charge in [0.2, 0.25) is 0 Å². The molecule has 0 bridgehead atoms. The van der Waals surface area contributed by atoms with E-state index in [2.05, 4.69) is 25.9 Å². The molecule has 160 valence electrons. The Hall–Kier alpha value is -2.61. The van der Waals surface area contributed by atoms with E-state index in [0.717, 1.165) is 6.07 Å². The maximum absolute atomic E-state index is 14.4. The van der Waals surface area contributed by atoms with Crippen molar-refractivity contribution in [2.45, 2.75) is 38.8 Å². The molecule has 1 aromatic carbocycles. The number of piperazine rings is 1. The van der Waals surface area contributed by atoms with Crippen molar-refractivity contribution < 1.29 is 22.7 Å². The van der Waals surface area contributed by atoms with E-state index in [1.807, 2.05) is 6.07 Å². The highest BCUT2D eigenvalue weighted by molar-refractivity contribution is 9.10. The second-order valence-corrected chi connectivity index (χ2v) is 8.63. The molecule has 3 rings (SSSR count). The maximum atomic E-state index is 14.4. The second-order valence-electron chi connectivity index (χ2n) is 7.83. The molecule has 0 unspecified atom stereocenters. The molecule has 11 heteroatoms. The van der Waals surface area contributed by atoms with Gasteiger partial charge in [0.05, 0.1) is 23.0 Å². The number of anilines is 1. The third-order valence-corrected chi connectivity index (χ3v) is 5.24. The Morgan fingerprint density at radius 3 is 2.67 bits per heavy atom. The van der Waals surface area contributed by atoms with Crippen LogP contribution in [0.4, 0.5) is 23.8 Å². The normalized spacial score (nSPS) is 17.2. The lowest BCUT2D eigenvalue weighted by atomic mass is 10.1. The van der Waals surface area contributed by atoms with Gasteiger partial charge in [0.25, 0.3) is 0 Å². The summed E-state index contributed by atoms with van der Waals surface area (Å²) in [4.78, 5) is 22.7. The quantitative estimate of drug-likeness (QED) is 0.469. The molecular formula is C19H19BrF3N5O2. The summed E-state index contributed by atoms with van der Waals surface area (Å²) >= 11 is 2.78. The minimum absolute atomic E-state index is 0.00368. The lowest BCUT2D eigenvalue weighted by Crippen LogP contribution is -2.56. The summed E-state index contributed by atoms with van der Waals surface area (Å²) < 4.78 is 47.5. The molecule has 1 atom stereocenters. The number of hydrogen-bond donors (Lipinski definition) is 0. The summed E-state index contributed by atoms with van der Waals surface area (Å²) in [6.07, 6.45) is -1.74. The van der Waals surface area contributed by atoms with E-state index in [9.17, 15) is 23.2 Å². The van der Waals surface area contributed by atoms with Gasteiger partial charge in [-0.3, -0.25) is 0 Å². The first-order valence-corrected chi connectivity index (χ1v) is 9.93. The first-order chi connectivity index (χ1) is 14.0. The Bertz CT molecular complexity index is 1040. The van der Waals surface area contributed by atoms with Crippen molar-refractivity contribution >= 4 is 38.7 Å². The molecule has 0 spiro atoms. The average molecular weight is 486 g/mol. The fourth-order valence-electron chi connectivity index (χ4n) is 3.26. The van der Waals surface area contributed by atoms with E-state index in [4.69, 9.17) is 4.74 Å². The monoisotopic (exact) mass is 485 g/mol. The molecule has 1 fully saturated rings. The van der Waals surface area contributed by atoms with Crippen molar-refractivity contribution in [3.63, 3.8) is 0 Å². The Morgan fingerprint density at radius 2 is 2.03 bits per heavy atom. The van der Waals surface area contributed by atoms with Gasteiger partial charge in [0, 0.05) is 25.0 Å². The van der Waals surface area contributed by atoms with Gasteiger partial charge in [-0.2, -0.15) is 19.6 Å². The molecule has 1 saturated heterocycles. The van der Waals surface area contributed by atoms with E-state index in [-0.39, 0.29) is 42.8 Å². The highest BCUT2D eigenvalue weighted by Crippen LogP contribution is 2.33. The van der Waals surface area contributed by atoms with Gasteiger partial charge in [0.1, 0.15) is 22.8 Å². The van der Waals surface area contributed by atoms with Crippen molar-refractivity contribution in [1.82, 2.24) is 14.9 Å². The predicted molar refractivity (Wildman–Crippen MR) is 106 cm³/mol. The van der Waals surface area contributed by atoms with Crippen LogP contribution in [0.15, 0.2) is 10.5 Å². The smallest absolute Gasteiger partial charge is 0.410 e. The summed E-state index contributed by atoms with van der Waals surface area (Å²) in [6.45, 7) is 5.67. The fraction of sp³-hybridized carbons (Fsp3) is 0.474. The molecule has 7 nitrogen and oxygen atoms in total. The Kier molecular flexibility index (Phi) is 6.08. The van der Waals surface area contributed by atoms with Gasteiger partial charge in [0.15, 0.2) is 5.82 Å². The lowest BCUT2D eigenvalue weighted by molar-refractivity contribution is 0.0145. The molecule has 1 aromatic heterocycles. The predicted octanol–water partition coefficient (Wildman–Crippen LogP) is 4.15. The van der Waals surface area contributed by atoms with Crippen molar-refractivity contribution in [2.75, 3.05) is 24.5 Å². The number of aromatic nitrogens is 2. The second kappa shape index (κ2) is 8.26. The first kappa shape index (κ1) is 22.1. The SMILES string of the molecule is CC(C)(C)OC(=O)N1CCN(c2nc(F)nc3c(F)c(Br)c(F)cc23)C[C@@H]1CC#N. The number of carbonyl (C=O) groups excluding carboxylic acids is 1.